The van der Waals surface area contributed by atoms with Gasteiger partial charge in [-0.2, -0.15) is 0 Å². The molecular weight excluding hydrogens is 288 g/mol. The standard InChI is InChI=1S/C19H24N2O2/c1-20(2)13-17-14-23-11-10-21(17)19(22)12-16-8-5-7-15-6-3-4-9-18(15)16/h3-9,17H,10-14H2,1-2H3/t17-/m1/s1. The Bertz CT molecular complexity index is 679. The minimum atomic E-state index is 0.140. The van der Waals surface area contributed by atoms with Crippen LogP contribution in [0.2, 0.25) is 0 Å². The summed E-state index contributed by atoms with van der Waals surface area (Å²) in [5.41, 5.74) is 1.10. The Labute approximate surface area is 137 Å². The minimum Gasteiger partial charge on any atom is -0.377 e. The number of nitrogens with zero attached hydrogens (tertiary/aromatic N) is 2. The van der Waals surface area contributed by atoms with E-state index in [2.05, 4.69) is 29.2 Å². The van der Waals surface area contributed by atoms with Gasteiger partial charge in [0.15, 0.2) is 0 Å². The highest BCUT2D eigenvalue weighted by Gasteiger charge is 2.27. The van der Waals surface area contributed by atoms with Crippen LogP contribution in [-0.2, 0) is 16.0 Å². The van der Waals surface area contributed by atoms with E-state index in [9.17, 15) is 4.79 Å². The molecule has 1 fully saturated rings. The molecule has 4 nitrogen and oxygen atoms in total. The normalized spacial score (nSPS) is 18.6. The Balaban J connectivity index is 1.79. The van der Waals surface area contributed by atoms with Crippen LogP contribution < -0.4 is 0 Å². The molecule has 3 rings (SSSR count). The predicted molar refractivity (Wildman–Crippen MR) is 92.5 cm³/mol. The molecule has 4 heteroatoms. The van der Waals surface area contributed by atoms with Crippen molar-refractivity contribution in [3.8, 4) is 0 Å². The van der Waals surface area contributed by atoms with Gasteiger partial charge in [0, 0.05) is 13.1 Å². The van der Waals surface area contributed by atoms with Crippen molar-refractivity contribution in [2.75, 3.05) is 40.4 Å². The highest BCUT2D eigenvalue weighted by molar-refractivity contribution is 5.90. The first-order valence-corrected chi connectivity index (χ1v) is 8.14. The third kappa shape index (κ3) is 3.71. The number of carbonyl (C=O) groups excluding carboxylic acids is 1. The summed E-state index contributed by atoms with van der Waals surface area (Å²) < 4.78 is 5.56. The molecule has 1 aliphatic rings. The van der Waals surface area contributed by atoms with Crippen molar-refractivity contribution in [1.82, 2.24) is 9.80 Å². The van der Waals surface area contributed by atoms with Gasteiger partial charge < -0.3 is 14.5 Å². The lowest BCUT2D eigenvalue weighted by atomic mass is 10.0. The zero-order valence-electron chi connectivity index (χ0n) is 13.9. The van der Waals surface area contributed by atoms with Gasteiger partial charge in [0.05, 0.1) is 25.7 Å². The van der Waals surface area contributed by atoms with E-state index in [4.69, 9.17) is 4.74 Å². The lowest BCUT2D eigenvalue weighted by Crippen LogP contribution is -2.53. The quantitative estimate of drug-likeness (QED) is 0.867. The lowest BCUT2D eigenvalue weighted by Gasteiger charge is -2.37. The number of amides is 1. The number of morpholine rings is 1. The summed E-state index contributed by atoms with van der Waals surface area (Å²) >= 11 is 0. The van der Waals surface area contributed by atoms with Crippen LogP contribution in [0.5, 0.6) is 0 Å². The third-order valence-electron chi connectivity index (χ3n) is 4.35. The van der Waals surface area contributed by atoms with Crippen molar-refractivity contribution in [1.29, 1.82) is 0 Å². The van der Waals surface area contributed by atoms with Crippen LogP contribution in [0.15, 0.2) is 42.5 Å². The molecule has 122 valence electrons. The average Bonchev–Trinajstić information content (AvgIpc) is 2.55. The molecular formula is C19H24N2O2. The van der Waals surface area contributed by atoms with Crippen molar-refractivity contribution >= 4 is 16.7 Å². The van der Waals surface area contributed by atoms with Crippen LogP contribution in [0, 0.1) is 0 Å². The van der Waals surface area contributed by atoms with E-state index < -0.39 is 0 Å². The van der Waals surface area contributed by atoms with Gasteiger partial charge in [0.1, 0.15) is 0 Å². The number of carbonyl (C=O) groups is 1. The van der Waals surface area contributed by atoms with E-state index >= 15 is 0 Å². The molecule has 0 unspecified atom stereocenters. The fraction of sp³-hybridized carbons (Fsp3) is 0.421. The molecule has 2 aromatic rings. The lowest BCUT2D eigenvalue weighted by molar-refractivity contribution is -0.139. The van der Waals surface area contributed by atoms with Gasteiger partial charge in [-0.05, 0) is 30.4 Å². The number of likely N-dealkylation sites (N-methyl/N-ethyl adjacent to an activating group) is 1. The summed E-state index contributed by atoms with van der Waals surface area (Å²) in [6.45, 7) is 2.77. The molecule has 0 aromatic heterocycles. The van der Waals surface area contributed by atoms with E-state index in [0.717, 1.165) is 12.1 Å². The van der Waals surface area contributed by atoms with Crippen LogP contribution in [0.3, 0.4) is 0 Å². The molecule has 0 radical (unpaired) electrons. The first kappa shape index (κ1) is 16.0. The Kier molecular flexibility index (Phi) is 4.94. The Morgan fingerprint density at radius 1 is 1.22 bits per heavy atom. The van der Waals surface area contributed by atoms with E-state index in [1.165, 1.54) is 10.8 Å². The van der Waals surface area contributed by atoms with Crippen LogP contribution in [-0.4, -0.2) is 62.1 Å². The van der Waals surface area contributed by atoms with E-state index in [0.29, 0.717) is 26.2 Å². The predicted octanol–water partition coefficient (Wildman–Crippen LogP) is 2.17. The first-order chi connectivity index (χ1) is 11.1. The van der Waals surface area contributed by atoms with Crippen molar-refractivity contribution in [2.24, 2.45) is 0 Å². The van der Waals surface area contributed by atoms with E-state index in [1.807, 2.05) is 37.2 Å². The van der Waals surface area contributed by atoms with Crippen molar-refractivity contribution in [3.05, 3.63) is 48.0 Å². The van der Waals surface area contributed by atoms with Crippen LogP contribution in [0.1, 0.15) is 5.56 Å². The van der Waals surface area contributed by atoms with E-state index in [1.54, 1.807) is 0 Å². The molecule has 1 saturated heterocycles. The number of benzene rings is 2. The van der Waals surface area contributed by atoms with Gasteiger partial charge in [0.2, 0.25) is 5.91 Å². The second-order valence-electron chi connectivity index (χ2n) is 6.39. The molecule has 0 N–H and O–H groups in total. The fourth-order valence-corrected chi connectivity index (χ4v) is 3.27. The summed E-state index contributed by atoms with van der Waals surface area (Å²) in [5.74, 6) is 0.191. The molecule has 23 heavy (non-hydrogen) atoms. The second-order valence-corrected chi connectivity index (χ2v) is 6.39. The maximum atomic E-state index is 12.9. The summed E-state index contributed by atoms with van der Waals surface area (Å²) in [6.07, 6.45) is 0.450. The maximum Gasteiger partial charge on any atom is 0.227 e. The van der Waals surface area contributed by atoms with Gasteiger partial charge in [-0.3, -0.25) is 4.79 Å². The summed E-state index contributed by atoms with van der Waals surface area (Å²) in [7, 11) is 4.06. The minimum absolute atomic E-state index is 0.140. The molecule has 0 spiro atoms. The van der Waals surface area contributed by atoms with Crippen molar-refractivity contribution in [2.45, 2.75) is 12.5 Å². The SMILES string of the molecule is CN(C)C[C@@H]1COCCN1C(=O)Cc1cccc2ccccc12. The fourth-order valence-electron chi connectivity index (χ4n) is 3.27. The Hall–Kier alpha value is -1.91. The topological polar surface area (TPSA) is 32.8 Å². The van der Waals surface area contributed by atoms with Crippen molar-refractivity contribution < 1.29 is 9.53 Å². The molecule has 1 atom stereocenters. The largest absolute Gasteiger partial charge is 0.377 e. The smallest absolute Gasteiger partial charge is 0.227 e. The molecule has 0 bridgehead atoms. The number of rotatable bonds is 4. The molecule has 1 amide bonds. The van der Waals surface area contributed by atoms with Crippen LogP contribution in [0.4, 0.5) is 0 Å². The third-order valence-corrected chi connectivity index (χ3v) is 4.35. The summed E-state index contributed by atoms with van der Waals surface area (Å²) in [5, 5.41) is 2.35. The zero-order chi connectivity index (χ0) is 16.2. The molecule has 0 saturated carbocycles. The molecule has 1 heterocycles. The highest BCUT2D eigenvalue weighted by atomic mass is 16.5. The Morgan fingerprint density at radius 3 is 2.83 bits per heavy atom. The van der Waals surface area contributed by atoms with Gasteiger partial charge in [-0.25, -0.2) is 0 Å². The molecule has 1 aliphatic heterocycles. The molecule has 0 aliphatic carbocycles. The Morgan fingerprint density at radius 2 is 2.00 bits per heavy atom. The van der Waals surface area contributed by atoms with Crippen LogP contribution >= 0.6 is 0 Å². The average molecular weight is 312 g/mol. The number of fused-ring (bicyclic) bond motifs is 1. The number of hydrogen-bond acceptors (Lipinski definition) is 3. The van der Waals surface area contributed by atoms with Crippen molar-refractivity contribution in [3.63, 3.8) is 0 Å². The number of hydrogen-bond donors (Lipinski definition) is 0. The molecule has 2 aromatic carbocycles. The number of ether oxygens (including phenoxy) is 1. The van der Waals surface area contributed by atoms with Gasteiger partial charge in [-0.1, -0.05) is 42.5 Å². The van der Waals surface area contributed by atoms with Gasteiger partial charge >= 0.3 is 0 Å². The second kappa shape index (κ2) is 7.11. The summed E-state index contributed by atoms with van der Waals surface area (Å²) in [4.78, 5) is 17.0. The monoisotopic (exact) mass is 312 g/mol. The van der Waals surface area contributed by atoms with E-state index in [-0.39, 0.29) is 11.9 Å². The first-order valence-electron chi connectivity index (χ1n) is 8.14. The summed E-state index contributed by atoms with van der Waals surface area (Å²) in [6, 6.07) is 14.6. The maximum absolute atomic E-state index is 12.9. The van der Waals surface area contributed by atoms with Gasteiger partial charge in [-0.15, -0.1) is 0 Å². The highest BCUT2D eigenvalue weighted by Crippen LogP contribution is 2.20. The zero-order valence-corrected chi connectivity index (χ0v) is 13.9. The van der Waals surface area contributed by atoms with Gasteiger partial charge in [0.25, 0.3) is 0 Å². The van der Waals surface area contributed by atoms with Crippen LogP contribution in [0.25, 0.3) is 10.8 Å².